The molecule has 0 saturated heterocycles. The highest BCUT2D eigenvalue weighted by molar-refractivity contribution is 7.85. The monoisotopic (exact) mass is 591 g/mol. The van der Waals surface area contributed by atoms with Crippen LogP contribution in [0.15, 0.2) is 89.5 Å². The van der Waals surface area contributed by atoms with Gasteiger partial charge in [0.05, 0.1) is 10.3 Å². The van der Waals surface area contributed by atoms with Crippen LogP contribution in [-0.2, 0) is 35.3 Å². The molecule has 2 heterocycles. The number of hydrogen-bond acceptors (Lipinski definition) is 6. The minimum Gasteiger partial charge on any atom is -0.480 e. The highest BCUT2D eigenvalue weighted by Gasteiger charge is 2.44. The van der Waals surface area contributed by atoms with E-state index in [1.807, 2.05) is 67.9 Å². The molecule has 2 aliphatic heterocycles. The normalized spacial score (nSPS) is 18.4. The summed E-state index contributed by atoms with van der Waals surface area (Å²) in [5.74, 6) is -1.03. The van der Waals surface area contributed by atoms with E-state index in [4.69, 9.17) is 4.74 Å². The Bertz CT molecular complexity index is 1690. The Kier molecular flexibility index (Phi) is 8.43. The van der Waals surface area contributed by atoms with Crippen LogP contribution in [0.1, 0.15) is 44.4 Å². The lowest BCUT2D eigenvalue weighted by Gasteiger charge is -2.25. The molecule has 0 unspecified atom stereocenters. The lowest BCUT2D eigenvalue weighted by atomic mass is 9.81. The second-order valence-corrected chi connectivity index (χ2v) is 12.7. The Labute approximate surface area is 246 Å². The van der Waals surface area contributed by atoms with Gasteiger partial charge in [-0.05, 0) is 56.7 Å². The van der Waals surface area contributed by atoms with Crippen molar-refractivity contribution in [3.8, 4) is 0 Å². The van der Waals surface area contributed by atoms with E-state index in [1.54, 1.807) is 17.1 Å². The Morgan fingerprint density at radius 3 is 2.33 bits per heavy atom. The first-order valence-electron chi connectivity index (χ1n) is 13.3. The number of allylic oxidation sites excluding steroid dienone is 8. The fourth-order valence-corrected chi connectivity index (χ4v) is 6.15. The number of ether oxygens (including phenoxy) is 1. The second kappa shape index (κ2) is 11.5. The first-order valence-corrected chi connectivity index (χ1v) is 14.8. The first-order chi connectivity index (χ1) is 19.7. The largest absolute Gasteiger partial charge is 0.480 e. The summed E-state index contributed by atoms with van der Waals surface area (Å²) in [6.45, 7) is 10.3. The Balaban J connectivity index is 1.58. The number of rotatable bonds is 10. The number of hydrogen-bond donors (Lipinski definition) is 2. The van der Waals surface area contributed by atoms with Crippen LogP contribution in [0, 0.1) is 6.92 Å². The van der Waals surface area contributed by atoms with Gasteiger partial charge in [0.1, 0.15) is 6.54 Å². The lowest BCUT2D eigenvalue weighted by molar-refractivity contribution is -0.479. The Morgan fingerprint density at radius 1 is 0.976 bits per heavy atom. The number of carboxylic acids is 1. The average Bonchev–Trinajstić information content (AvgIpc) is 3.24. The fraction of sp³-hybridized carbons (Fsp3) is 0.281. The van der Waals surface area contributed by atoms with E-state index in [9.17, 15) is 27.7 Å². The zero-order valence-corrected chi connectivity index (χ0v) is 25.1. The Hall–Kier alpha value is -4.28. The summed E-state index contributed by atoms with van der Waals surface area (Å²) in [5.41, 5.74) is 5.12. The molecule has 4 rings (SSSR count). The summed E-state index contributed by atoms with van der Waals surface area (Å²) in [7, 11) is -4.41. The summed E-state index contributed by atoms with van der Waals surface area (Å²) >= 11 is 0. The number of carboxylic acid groups (broad SMARTS) is 1. The third-order valence-electron chi connectivity index (χ3n) is 7.73. The van der Waals surface area contributed by atoms with Gasteiger partial charge in [-0.3, -0.25) is 14.1 Å². The molecule has 0 radical (unpaired) electrons. The highest BCUT2D eigenvalue weighted by Crippen LogP contribution is 2.48. The molecular formula is C32H35N2O7S+. The summed E-state index contributed by atoms with van der Waals surface area (Å²) in [6.07, 6.45) is 13.0. The fourth-order valence-electron chi connectivity index (χ4n) is 5.64. The molecule has 0 aromatic heterocycles. The van der Waals surface area contributed by atoms with Crippen LogP contribution >= 0.6 is 0 Å². The Morgan fingerprint density at radius 2 is 1.67 bits per heavy atom. The number of aryl methyl sites for hydroxylation is 1. The number of nitrogens with zero attached hydrogens (tertiary/aromatic N) is 2. The van der Waals surface area contributed by atoms with E-state index in [2.05, 4.69) is 19.9 Å². The summed E-state index contributed by atoms with van der Waals surface area (Å²) in [5, 5.41) is 9.53. The number of fused-ring (bicyclic) bond motifs is 2. The van der Waals surface area contributed by atoms with Gasteiger partial charge in [0.2, 0.25) is 5.69 Å². The van der Waals surface area contributed by atoms with Gasteiger partial charge >= 0.3 is 5.97 Å². The van der Waals surface area contributed by atoms with Crippen LogP contribution in [0.2, 0.25) is 0 Å². The van der Waals surface area contributed by atoms with Gasteiger partial charge < -0.3 is 14.7 Å². The van der Waals surface area contributed by atoms with Crippen molar-refractivity contribution in [2.45, 2.75) is 50.3 Å². The molecular weight excluding hydrogens is 556 g/mol. The van der Waals surface area contributed by atoms with E-state index in [0.29, 0.717) is 23.4 Å². The maximum atomic E-state index is 11.7. The zero-order valence-electron chi connectivity index (χ0n) is 24.2. The van der Waals surface area contributed by atoms with Gasteiger partial charge in [0, 0.05) is 34.5 Å². The lowest BCUT2D eigenvalue weighted by Crippen LogP contribution is -2.30. The van der Waals surface area contributed by atoms with E-state index < -0.39 is 21.5 Å². The SMILES string of the molecule is Cc1ccc2c(c1)C(C)(C)C(/C=C/C=C/C=C/C=C1/N(CC(=O)O)c3ccc(S(=O)(=O)O)cc3C1(C)C)=[N+]2COC=O. The molecule has 0 amide bonds. The van der Waals surface area contributed by atoms with Crippen LogP contribution < -0.4 is 4.90 Å². The van der Waals surface area contributed by atoms with Crippen LogP contribution in [-0.4, -0.2) is 54.1 Å². The molecule has 0 atom stereocenters. The van der Waals surface area contributed by atoms with Crippen LogP contribution in [0.25, 0.3) is 0 Å². The van der Waals surface area contributed by atoms with Crippen molar-refractivity contribution in [1.82, 2.24) is 0 Å². The quantitative estimate of drug-likeness (QED) is 0.168. The van der Waals surface area contributed by atoms with E-state index in [-0.39, 0.29) is 23.6 Å². The van der Waals surface area contributed by atoms with E-state index >= 15 is 0 Å². The van der Waals surface area contributed by atoms with Crippen molar-refractivity contribution in [2.24, 2.45) is 0 Å². The van der Waals surface area contributed by atoms with Crippen molar-refractivity contribution in [3.63, 3.8) is 0 Å². The maximum absolute atomic E-state index is 11.7. The van der Waals surface area contributed by atoms with Gasteiger partial charge in [0.15, 0.2) is 5.71 Å². The number of carbonyl (C=O) groups excluding carboxylic acids is 1. The number of aliphatic carboxylic acids is 1. The smallest absolute Gasteiger partial charge is 0.323 e. The number of anilines is 1. The molecule has 0 aliphatic carbocycles. The van der Waals surface area contributed by atoms with Crippen LogP contribution in [0.3, 0.4) is 0 Å². The molecule has 2 aliphatic rings. The third-order valence-corrected chi connectivity index (χ3v) is 8.58. The van der Waals surface area contributed by atoms with Crippen molar-refractivity contribution < 1.29 is 37.0 Å². The molecule has 42 heavy (non-hydrogen) atoms. The zero-order chi connectivity index (χ0) is 30.9. The van der Waals surface area contributed by atoms with Crippen molar-refractivity contribution in [1.29, 1.82) is 0 Å². The summed E-state index contributed by atoms with van der Waals surface area (Å²) in [4.78, 5) is 24.0. The second-order valence-electron chi connectivity index (χ2n) is 11.3. The van der Waals surface area contributed by atoms with Crippen molar-refractivity contribution in [2.75, 3.05) is 18.2 Å². The minimum atomic E-state index is -4.41. The summed E-state index contributed by atoms with van der Waals surface area (Å²) in [6, 6.07) is 10.4. The first kappa shape index (κ1) is 30.7. The van der Waals surface area contributed by atoms with Crippen molar-refractivity contribution in [3.05, 3.63) is 101 Å². The topological polar surface area (TPSA) is 124 Å². The van der Waals surface area contributed by atoms with Gasteiger partial charge in [-0.1, -0.05) is 55.9 Å². The third kappa shape index (κ3) is 5.86. The molecule has 220 valence electrons. The predicted octanol–water partition coefficient (Wildman–Crippen LogP) is 5.18. The van der Waals surface area contributed by atoms with Crippen LogP contribution in [0.5, 0.6) is 0 Å². The molecule has 2 N–H and O–H groups in total. The molecule has 10 heteroatoms. The summed E-state index contributed by atoms with van der Waals surface area (Å²) < 4.78 is 40.1. The number of benzene rings is 2. The molecule has 2 aromatic rings. The predicted molar refractivity (Wildman–Crippen MR) is 161 cm³/mol. The average molecular weight is 592 g/mol. The number of carbonyl (C=O) groups is 2. The van der Waals surface area contributed by atoms with Gasteiger partial charge in [0.25, 0.3) is 23.3 Å². The van der Waals surface area contributed by atoms with E-state index in [1.165, 1.54) is 18.2 Å². The molecule has 0 spiro atoms. The highest BCUT2D eigenvalue weighted by atomic mass is 32.2. The van der Waals surface area contributed by atoms with Crippen molar-refractivity contribution >= 4 is 39.6 Å². The van der Waals surface area contributed by atoms with E-state index in [0.717, 1.165) is 22.5 Å². The van der Waals surface area contributed by atoms with Gasteiger partial charge in [-0.2, -0.15) is 13.0 Å². The molecule has 0 bridgehead atoms. The molecule has 2 aromatic carbocycles. The maximum Gasteiger partial charge on any atom is 0.323 e. The standard InChI is InChI=1S/C32H34N2O7S/c1-22-13-15-27-24(17-22)31(2,3)29(34(27)20-41-21-35)12-10-8-6-7-9-11-28-32(4,5)25-18-23(42(38,39)40)14-16-26(25)33(28)19-30(36)37/h6-18,21H,19-20H2,1-5H3,(H-,36,37,38,39,40)/p+1. The van der Waals surface area contributed by atoms with Gasteiger partial charge in [-0.15, -0.1) is 0 Å². The minimum absolute atomic E-state index is 0.108. The molecule has 0 saturated carbocycles. The molecule has 9 nitrogen and oxygen atoms in total. The van der Waals surface area contributed by atoms with Gasteiger partial charge in [-0.25, -0.2) is 0 Å². The van der Waals surface area contributed by atoms with Crippen LogP contribution in [0.4, 0.5) is 11.4 Å². The molecule has 0 fully saturated rings.